The average molecular weight is 295 g/mol. The molecule has 3 amide bonds. The van der Waals surface area contributed by atoms with Gasteiger partial charge in [-0.15, -0.1) is 0 Å². The van der Waals surface area contributed by atoms with Crippen molar-refractivity contribution in [1.82, 2.24) is 16.2 Å². The third kappa shape index (κ3) is 6.14. The molecule has 0 aromatic heterocycles. The Labute approximate surface area is 125 Å². The van der Waals surface area contributed by atoms with Gasteiger partial charge in [-0.2, -0.15) is 0 Å². The molecule has 0 aromatic rings. The van der Waals surface area contributed by atoms with Gasteiger partial charge in [0, 0.05) is 12.5 Å². The van der Waals surface area contributed by atoms with E-state index in [2.05, 4.69) is 16.2 Å². The van der Waals surface area contributed by atoms with Crippen LogP contribution >= 0.6 is 0 Å². The van der Waals surface area contributed by atoms with E-state index in [1.54, 1.807) is 0 Å². The van der Waals surface area contributed by atoms with E-state index in [0.717, 1.165) is 31.6 Å². The summed E-state index contributed by atoms with van der Waals surface area (Å²) in [6, 6.07) is 0.134. The van der Waals surface area contributed by atoms with E-state index in [-0.39, 0.29) is 11.9 Å². The first kappa shape index (κ1) is 15.8. The summed E-state index contributed by atoms with van der Waals surface area (Å²) in [5.41, 5.74) is 4.45. The Balaban J connectivity index is 1.52. The van der Waals surface area contributed by atoms with E-state index in [1.165, 1.54) is 32.1 Å². The minimum Gasteiger partial charge on any atom is -0.345 e. The molecule has 2 aliphatic rings. The highest BCUT2D eigenvalue weighted by molar-refractivity contribution is 6.35. The molecule has 2 aliphatic carbocycles. The first-order chi connectivity index (χ1) is 10.1. The molecule has 0 aliphatic heterocycles. The molecular weight excluding hydrogens is 270 g/mol. The summed E-state index contributed by atoms with van der Waals surface area (Å²) in [4.78, 5) is 34.3. The first-order valence-corrected chi connectivity index (χ1v) is 8.05. The maximum Gasteiger partial charge on any atom is 0.327 e. The highest BCUT2D eigenvalue weighted by atomic mass is 16.2. The van der Waals surface area contributed by atoms with Crippen LogP contribution in [0.25, 0.3) is 0 Å². The lowest BCUT2D eigenvalue weighted by atomic mass is 9.86. The van der Waals surface area contributed by atoms with Crippen LogP contribution in [0.2, 0.25) is 0 Å². The van der Waals surface area contributed by atoms with Crippen molar-refractivity contribution in [1.29, 1.82) is 0 Å². The maximum atomic E-state index is 11.6. The van der Waals surface area contributed by atoms with Crippen LogP contribution in [0.5, 0.6) is 0 Å². The SMILES string of the molecule is O=C(CCCC1CCCCC1)NNC(=O)C(=O)NC1CC1. The van der Waals surface area contributed by atoms with Gasteiger partial charge in [0.1, 0.15) is 0 Å². The summed E-state index contributed by atoms with van der Waals surface area (Å²) >= 11 is 0. The van der Waals surface area contributed by atoms with Crippen LogP contribution < -0.4 is 16.2 Å². The lowest BCUT2D eigenvalue weighted by Crippen LogP contribution is -2.48. The van der Waals surface area contributed by atoms with E-state index in [1.807, 2.05) is 0 Å². The fraction of sp³-hybridized carbons (Fsp3) is 0.800. The summed E-state index contributed by atoms with van der Waals surface area (Å²) < 4.78 is 0. The Morgan fingerprint density at radius 2 is 1.57 bits per heavy atom. The lowest BCUT2D eigenvalue weighted by molar-refractivity contribution is -0.141. The fourth-order valence-corrected chi connectivity index (χ4v) is 2.75. The van der Waals surface area contributed by atoms with Gasteiger partial charge in [-0.1, -0.05) is 32.1 Å². The van der Waals surface area contributed by atoms with Gasteiger partial charge in [-0.3, -0.25) is 25.2 Å². The predicted molar refractivity (Wildman–Crippen MR) is 77.9 cm³/mol. The van der Waals surface area contributed by atoms with Crippen molar-refractivity contribution in [2.75, 3.05) is 0 Å². The highest BCUT2D eigenvalue weighted by Gasteiger charge is 2.26. The van der Waals surface area contributed by atoms with Crippen LogP contribution in [0.4, 0.5) is 0 Å². The molecule has 0 atom stereocenters. The molecule has 6 nitrogen and oxygen atoms in total. The molecule has 0 heterocycles. The lowest BCUT2D eigenvalue weighted by Gasteiger charge is -2.21. The van der Waals surface area contributed by atoms with Gasteiger partial charge in [-0.25, -0.2) is 0 Å². The minimum atomic E-state index is -0.803. The second-order valence-electron chi connectivity index (χ2n) is 6.15. The van der Waals surface area contributed by atoms with Crippen molar-refractivity contribution in [2.24, 2.45) is 5.92 Å². The van der Waals surface area contributed by atoms with Crippen LogP contribution in [0, 0.1) is 5.92 Å². The standard InChI is InChI=1S/C15H25N3O3/c19-13(8-4-7-11-5-2-1-3-6-11)17-18-15(21)14(20)16-12-9-10-12/h11-12H,1-10H2,(H,16,20)(H,17,19)(H,18,21). The molecule has 2 rings (SSSR count). The number of carbonyl (C=O) groups excluding carboxylic acids is 3. The Hall–Kier alpha value is -1.59. The van der Waals surface area contributed by atoms with Crippen molar-refractivity contribution in [3.05, 3.63) is 0 Å². The Morgan fingerprint density at radius 3 is 2.24 bits per heavy atom. The number of hydrogen-bond donors (Lipinski definition) is 3. The van der Waals surface area contributed by atoms with Gasteiger partial charge in [0.25, 0.3) is 0 Å². The third-order valence-corrected chi connectivity index (χ3v) is 4.18. The zero-order valence-electron chi connectivity index (χ0n) is 12.5. The summed E-state index contributed by atoms with van der Waals surface area (Å²) in [7, 11) is 0. The predicted octanol–water partition coefficient (Wildman–Crippen LogP) is 1.16. The quantitative estimate of drug-likeness (QED) is 0.525. The monoisotopic (exact) mass is 295 g/mol. The van der Waals surface area contributed by atoms with Crippen LogP contribution in [-0.2, 0) is 14.4 Å². The molecule has 3 N–H and O–H groups in total. The molecule has 0 radical (unpaired) electrons. The van der Waals surface area contributed by atoms with Crippen molar-refractivity contribution in [3.8, 4) is 0 Å². The molecule has 0 spiro atoms. The summed E-state index contributed by atoms with van der Waals surface area (Å²) in [5, 5.41) is 2.56. The van der Waals surface area contributed by atoms with Crippen molar-refractivity contribution >= 4 is 17.7 Å². The fourth-order valence-electron chi connectivity index (χ4n) is 2.75. The number of amides is 3. The molecule has 0 unspecified atom stereocenters. The normalized spacial score (nSPS) is 18.9. The zero-order valence-corrected chi connectivity index (χ0v) is 12.5. The van der Waals surface area contributed by atoms with Gasteiger partial charge in [0.2, 0.25) is 5.91 Å². The molecular formula is C15H25N3O3. The topological polar surface area (TPSA) is 87.3 Å². The molecule has 0 aromatic carbocycles. The molecule has 21 heavy (non-hydrogen) atoms. The second kappa shape index (κ2) is 8.00. The summed E-state index contributed by atoms with van der Waals surface area (Å²) in [6.45, 7) is 0. The van der Waals surface area contributed by atoms with Crippen molar-refractivity contribution in [3.63, 3.8) is 0 Å². The van der Waals surface area contributed by atoms with Gasteiger partial charge in [0.05, 0.1) is 0 Å². The number of rotatable bonds is 5. The third-order valence-electron chi connectivity index (χ3n) is 4.18. The van der Waals surface area contributed by atoms with Crippen LogP contribution in [0.3, 0.4) is 0 Å². The van der Waals surface area contributed by atoms with E-state index >= 15 is 0 Å². The van der Waals surface area contributed by atoms with Crippen molar-refractivity contribution in [2.45, 2.75) is 70.3 Å². The summed E-state index contributed by atoms with van der Waals surface area (Å²) in [5.74, 6) is -0.966. The molecule has 6 heteroatoms. The largest absolute Gasteiger partial charge is 0.345 e. The smallest absolute Gasteiger partial charge is 0.327 e. The van der Waals surface area contributed by atoms with Gasteiger partial charge < -0.3 is 5.32 Å². The van der Waals surface area contributed by atoms with E-state index in [4.69, 9.17) is 0 Å². The van der Waals surface area contributed by atoms with Crippen LogP contribution in [0.1, 0.15) is 64.2 Å². The molecule has 2 fully saturated rings. The van der Waals surface area contributed by atoms with E-state index in [9.17, 15) is 14.4 Å². The maximum absolute atomic E-state index is 11.6. The molecule has 2 saturated carbocycles. The molecule has 118 valence electrons. The van der Waals surface area contributed by atoms with Gasteiger partial charge >= 0.3 is 11.8 Å². The summed E-state index contributed by atoms with van der Waals surface area (Å²) in [6.07, 6.45) is 10.7. The first-order valence-electron chi connectivity index (χ1n) is 8.05. The zero-order chi connectivity index (χ0) is 15.1. The number of nitrogens with one attached hydrogen (secondary N) is 3. The van der Waals surface area contributed by atoms with Crippen molar-refractivity contribution < 1.29 is 14.4 Å². The van der Waals surface area contributed by atoms with Gasteiger partial charge in [0.15, 0.2) is 0 Å². The van der Waals surface area contributed by atoms with Gasteiger partial charge in [-0.05, 0) is 31.6 Å². The van der Waals surface area contributed by atoms with Crippen LogP contribution in [0.15, 0.2) is 0 Å². The van der Waals surface area contributed by atoms with E-state index < -0.39 is 11.8 Å². The number of carbonyl (C=O) groups is 3. The number of hydrazine groups is 1. The Morgan fingerprint density at radius 1 is 0.857 bits per heavy atom. The Kier molecular flexibility index (Phi) is 6.02. The minimum absolute atomic E-state index is 0.134. The molecule has 0 bridgehead atoms. The Bertz CT molecular complexity index is 388. The highest BCUT2D eigenvalue weighted by Crippen LogP contribution is 2.27. The van der Waals surface area contributed by atoms with E-state index in [0.29, 0.717) is 6.42 Å². The van der Waals surface area contributed by atoms with Crippen LogP contribution in [-0.4, -0.2) is 23.8 Å². The average Bonchev–Trinajstić information content (AvgIpc) is 3.29. The molecule has 0 saturated heterocycles. The number of hydrogen-bond acceptors (Lipinski definition) is 3. The second-order valence-corrected chi connectivity index (χ2v) is 6.15.